The van der Waals surface area contributed by atoms with Gasteiger partial charge in [-0.1, -0.05) is 13.0 Å². The van der Waals surface area contributed by atoms with Crippen LogP contribution in [0.15, 0.2) is 29.3 Å². The predicted octanol–water partition coefficient (Wildman–Crippen LogP) is 2.25. The van der Waals surface area contributed by atoms with Crippen LogP contribution in [0.4, 0.5) is 4.39 Å². The van der Waals surface area contributed by atoms with E-state index in [0.29, 0.717) is 37.8 Å². The molecule has 31 heavy (non-hydrogen) atoms. The fraction of sp³-hybridized carbons (Fsp3) is 0.650. The number of hydrogen-bond donors (Lipinski definition) is 3. The number of nitrogens with zero attached hydrogens (tertiary/aromatic N) is 1. The molecule has 1 aromatic rings. The number of halogens is 2. The molecule has 3 N–H and O–H groups in total. The molecule has 11 heteroatoms. The summed E-state index contributed by atoms with van der Waals surface area (Å²) < 4.78 is 51.6. The molecule has 178 valence electrons. The van der Waals surface area contributed by atoms with E-state index >= 15 is 0 Å². The molecule has 0 bridgehead atoms. The van der Waals surface area contributed by atoms with Crippen molar-refractivity contribution in [2.24, 2.45) is 4.99 Å². The molecule has 2 rings (SSSR count). The van der Waals surface area contributed by atoms with Gasteiger partial charge in [0.25, 0.3) is 0 Å². The zero-order valence-corrected chi connectivity index (χ0v) is 21.2. The van der Waals surface area contributed by atoms with E-state index in [9.17, 15) is 12.8 Å². The Morgan fingerprint density at radius 2 is 2.16 bits per heavy atom. The van der Waals surface area contributed by atoms with E-state index in [2.05, 4.69) is 20.3 Å². The molecule has 0 saturated carbocycles. The highest BCUT2D eigenvalue weighted by atomic mass is 127. The molecule has 1 saturated heterocycles. The average Bonchev–Trinajstić information content (AvgIpc) is 2.74. The van der Waals surface area contributed by atoms with Gasteiger partial charge in [0, 0.05) is 32.8 Å². The van der Waals surface area contributed by atoms with Crippen molar-refractivity contribution in [2.75, 3.05) is 39.0 Å². The van der Waals surface area contributed by atoms with Crippen LogP contribution in [0.2, 0.25) is 0 Å². The van der Waals surface area contributed by atoms with E-state index in [4.69, 9.17) is 9.47 Å². The molecule has 2 atom stereocenters. The second-order valence-corrected chi connectivity index (χ2v) is 9.07. The highest BCUT2D eigenvalue weighted by molar-refractivity contribution is 14.0. The number of nitrogens with one attached hydrogen (secondary N) is 3. The molecular weight excluding hydrogens is 538 g/mol. The minimum atomic E-state index is -3.40. The molecule has 0 aliphatic carbocycles. The van der Waals surface area contributed by atoms with Crippen molar-refractivity contribution in [1.82, 2.24) is 15.4 Å². The topological polar surface area (TPSA) is 101 Å². The first-order chi connectivity index (χ1) is 14.4. The zero-order chi connectivity index (χ0) is 21.8. The van der Waals surface area contributed by atoms with Gasteiger partial charge < -0.3 is 20.1 Å². The second-order valence-electron chi connectivity index (χ2n) is 7.14. The monoisotopic (exact) mass is 572 g/mol. The molecular formula is C20H34FIN4O4S. The summed E-state index contributed by atoms with van der Waals surface area (Å²) in [4.78, 5) is 4.10. The first-order valence-corrected chi connectivity index (χ1v) is 12.0. The molecule has 0 spiro atoms. The first kappa shape index (κ1) is 27.9. The number of benzene rings is 1. The predicted molar refractivity (Wildman–Crippen MR) is 131 cm³/mol. The molecule has 1 aromatic carbocycles. The molecule has 0 aromatic heterocycles. The minimum Gasteiger partial charge on any atom is -0.489 e. The van der Waals surface area contributed by atoms with Gasteiger partial charge in [0.1, 0.15) is 17.7 Å². The summed E-state index contributed by atoms with van der Waals surface area (Å²) in [6, 6.07) is 6.00. The van der Waals surface area contributed by atoms with Crippen LogP contribution in [0.1, 0.15) is 32.6 Å². The standard InChI is InChI=1S/C20H33FN4O4S.HI/c1-3-17(29-18-9-6-7-16(21)13-18)14-24-20(22-2)23-10-12-30(26,27)25-15-19-8-4-5-11-28-19;/h6-7,9,13,17,19,25H,3-5,8,10-12,14-15H2,1-2H3,(H2,22,23,24);1H. The second kappa shape index (κ2) is 14.8. The number of sulfonamides is 1. The molecule has 1 aliphatic rings. The van der Waals surface area contributed by atoms with Crippen molar-refractivity contribution >= 4 is 40.0 Å². The summed E-state index contributed by atoms with van der Waals surface area (Å²) >= 11 is 0. The highest BCUT2D eigenvalue weighted by Gasteiger charge is 2.18. The third-order valence-electron chi connectivity index (χ3n) is 4.74. The minimum absolute atomic E-state index is 0. The van der Waals surface area contributed by atoms with Crippen LogP contribution < -0.4 is 20.1 Å². The van der Waals surface area contributed by atoms with Gasteiger partial charge >= 0.3 is 0 Å². The summed E-state index contributed by atoms with van der Waals surface area (Å²) in [7, 11) is -1.79. The fourth-order valence-electron chi connectivity index (χ4n) is 3.00. The molecule has 1 heterocycles. The lowest BCUT2D eigenvalue weighted by atomic mass is 10.1. The van der Waals surface area contributed by atoms with E-state index in [1.54, 1.807) is 19.2 Å². The Balaban J connectivity index is 0.00000480. The van der Waals surface area contributed by atoms with Gasteiger partial charge in [-0.25, -0.2) is 17.5 Å². The van der Waals surface area contributed by atoms with E-state index in [0.717, 1.165) is 19.3 Å². The molecule has 8 nitrogen and oxygen atoms in total. The summed E-state index contributed by atoms with van der Waals surface area (Å²) in [5.74, 6) is 0.516. The Labute approximate surface area is 201 Å². The lowest BCUT2D eigenvalue weighted by Crippen LogP contribution is -2.45. The molecule has 0 amide bonds. The van der Waals surface area contributed by atoms with Crippen LogP contribution in [-0.4, -0.2) is 65.6 Å². The number of aliphatic imine (C=N–C) groups is 1. The lowest BCUT2D eigenvalue weighted by molar-refractivity contribution is 0.0200. The maximum atomic E-state index is 13.3. The van der Waals surface area contributed by atoms with Gasteiger partial charge in [0.05, 0.1) is 18.4 Å². The summed E-state index contributed by atoms with van der Waals surface area (Å²) in [6.45, 7) is 3.62. The number of hydrogen-bond acceptors (Lipinski definition) is 5. The Hall–Kier alpha value is -1.18. The molecule has 1 aliphatic heterocycles. The maximum Gasteiger partial charge on any atom is 0.213 e. The SMILES string of the molecule is CCC(CNC(=NC)NCCS(=O)(=O)NCC1CCCCO1)Oc1cccc(F)c1.I. The Morgan fingerprint density at radius 1 is 1.35 bits per heavy atom. The van der Waals surface area contributed by atoms with Crippen molar-refractivity contribution in [2.45, 2.75) is 44.8 Å². The lowest BCUT2D eigenvalue weighted by Gasteiger charge is -2.22. The normalized spacial score (nSPS) is 18.0. The van der Waals surface area contributed by atoms with Crippen LogP contribution in [0.5, 0.6) is 5.75 Å². The van der Waals surface area contributed by atoms with E-state index in [-0.39, 0.29) is 54.3 Å². The molecule has 2 unspecified atom stereocenters. The first-order valence-electron chi connectivity index (χ1n) is 10.4. The van der Waals surface area contributed by atoms with Gasteiger partial charge in [-0.2, -0.15) is 0 Å². The summed E-state index contributed by atoms with van der Waals surface area (Å²) in [5.41, 5.74) is 0. The summed E-state index contributed by atoms with van der Waals surface area (Å²) in [6.07, 6.45) is 3.46. The van der Waals surface area contributed by atoms with Crippen LogP contribution in [-0.2, 0) is 14.8 Å². The number of rotatable bonds is 11. The summed E-state index contributed by atoms with van der Waals surface area (Å²) in [5, 5.41) is 6.10. The fourth-order valence-corrected chi connectivity index (χ4v) is 3.95. The van der Waals surface area contributed by atoms with Gasteiger partial charge in [0.2, 0.25) is 10.0 Å². The van der Waals surface area contributed by atoms with Gasteiger partial charge in [0.15, 0.2) is 5.96 Å². The van der Waals surface area contributed by atoms with E-state index in [1.165, 1.54) is 12.1 Å². The maximum absolute atomic E-state index is 13.3. The van der Waals surface area contributed by atoms with Gasteiger partial charge in [-0.15, -0.1) is 24.0 Å². The van der Waals surface area contributed by atoms with Crippen molar-refractivity contribution in [3.8, 4) is 5.75 Å². The number of guanidine groups is 1. The third-order valence-corrected chi connectivity index (χ3v) is 6.09. The van der Waals surface area contributed by atoms with Crippen molar-refractivity contribution < 1.29 is 22.3 Å². The molecule has 1 fully saturated rings. The third kappa shape index (κ3) is 11.3. The number of ether oxygens (including phenoxy) is 2. The van der Waals surface area contributed by atoms with E-state index < -0.39 is 10.0 Å². The van der Waals surface area contributed by atoms with Gasteiger partial charge in [-0.05, 0) is 37.8 Å². The van der Waals surface area contributed by atoms with Crippen LogP contribution in [0.3, 0.4) is 0 Å². The Morgan fingerprint density at radius 3 is 2.81 bits per heavy atom. The quantitative estimate of drug-likeness (QED) is 0.214. The average molecular weight is 572 g/mol. The van der Waals surface area contributed by atoms with Crippen LogP contribution >= 0.6 is 24.0 Å². The largest absolute Gasteiger partial charge is 0.489 e. The van der Waals surface area contributed by atoms with Gasteiger partial charge in [-0.3, -0.25) is 4.99 Å². The zero-order valence-electron chi connectivity index (χ0n) is 18.1. The van der Waals surface area contributed by atoms with Crippen molar-refractivity contribution in [1.29, 1.82) is 0 Å². The van der Waals surface area contributed by atoms with Crippen molar-refractivity contribution in [3.63, 3.8) is 0 Å². The highest BCUT2D eigenvalue weighted by Crippen LogP contribution is 2.15. The Kier molecular flexibility index (Phi) is 13.3. The van der Waals surface area contributed by atoms with Crippen molar-refractivity contribution in [3.05, 3.63) is 30.1 Å². The molecule has 0 radical (unpaired) electrons. The van der Waals surface area contributed by atoms with E-state index in [1.807, 2.05) is 6.92 Å². The van der Waals surface area contributed by atoms with Crippen LogP contribution in [0, 0.1) is 5.82 Å². The van der Waals surface area contributed by atoms with Crippen LogP contribution in [0.25, 0.3) is 0 Å². The Bertz CT molecular complexity index is 776. The smallest absolute Gasteiger partial charge is 0.213 e.